The van der Waals surface area contributed by atoms with Crippen LogP contribution in [0.4, 0.5) is 5.69 Å². The van der Waals surface area contributed by atoms with E-state index in [-0.39, 0.29) is 10.6 Å². The largest absolute Gasteiger partial charge is 0.488 e. The van der Waals surface area contributed by atoms with Gasteiger partial charge in [0, 0.05) is 36.5 Å². The molecule has 1 aliphatic carbocycles. The van der Waals surface area contributed by atoms with Crippen molar-refractivity contribution in [2.45, 2.75) is 32.0 Å². The molecule has 1 aromatic carbocycles. The second-order valence-corrected chi connectivity index (χ2v) is 5.93. The molecule has 0 spiro atoms. The van der Waals surface area contributed by atoms with E-state index in [9.17, 15) is 10.1 Å². The van der Waals surface area contributed by atoms with E-state index in [0.717, 1.165) is 10.4 Å². The third-order valence-electron chi connectivity index (χ3n) is 3.27. The van der Waals surface area contributed by atoms with Crippen LogP contribution >= 0.6 is 11.3 Å². The molecule has 2 aromatic rings. The molecule has 6 nitrogen and oxygen atoms in total. The number of benzene rings is 1. The van der Waals surface area contributed by atoms with Crippen LogP contribution < -0.4 is 10.1 Å². The first-order valence-electron chi connectivity index (χ1n) is 6.73. The smallest absolute Gasteiger partial charge is 0.270 e. The first-order chi connectivity index (χ1) is 10.2. The van der Waals surface area contributed by atoms with Crippen molar-refractivity contribution in [3.8, 4) is 5.75 Å². The highest BCUT2D eigenvalue weighted by Crippen LogP contribution is 2.27. The minimum absolute atomic E-state index is 0.0905. The highest BCUT2D eigenvalue weighted by Gasteiger charge is 2.21. The Balaban J connectivity index is 1.73. The minimum atomic E-state index is -0.381. The van der Waals surface area contributed by atoms with Gasteiger partial charge in [0.25, 0.3) is 5.69 Å². The Morgan fingerprint density at radius 1 is 1.48 bits per heavy atom. The van der Waals surface area contributed by atoms with Crippen LogP contribution in [0.3, 0.4) is 0 Å². The fraction of sp³-hybridized carbons (Fsp3) is 0.357. The molecule has 0 bridgehead atoms. The molecule has 1 fully saturated rings. The van der Waals surface area contributed by atoms with Crippen LogP contribution in [0.25, 0.3) is 0 Å². The van der Waals surface area contributed by atoms with Crippen LogP contribution in [0, 0.1) is 10.1 Å². The molecular formula is C14H15N3O3S. The van der Waals surface area contributed by atoms with E-state index in [1.54, 1.807) is 23.8 Å². The molecule has 21 heavy (non-hydrogen) atoms. The predicted octanol–water partition coefficient (Wildman–Crippen LogP) is 2.88. The van der Waals surface area contributed by atoms with E-state index in [4.69, 9.17) is 4.74 Å². The van der Waals surface area contributed by atoms with Gasteiger partial charge in [-0.15, -0.1) is 11.3 Å². The van der Waals surface area contributed by atoms with Gasteiger partial charge in [-0.1, -0.05) is 0 Å². The van der Waals surface area contributed by atoms with Crippen LogP contribution in [-0.2, 0) is 13.2 Å². The Hall–Kier alpha value is -1.99. The molecule has 0 radical (unpaired) electrons. The Bertz CT molecular complexity index is 626. The second-order valence-electron chi connectivity index (χ2n) is 4.96. The SMILES string of the molecule is O=[N+]([O-])c1ccc(OCc2cncs2)c(CNC2CC2)c1. The maximum atomic E-state index is 10.9. The van der Waals surface area contributed by atoms with Crippen molar-refractivity contribution >= 4 is 17.0 Å². The molecule has 0 unspecified atom stereocenters. The molecule has 0 amide bonds. The molecular weight excluding hydrogens is 290 g/mol. The third-order valence-corrected chi connectivity index (χ3v) is 4.02. The van der Waals surface area contributed by atoms with Crippen molar-refractivity contribution in [3.63, 3.8) is 0 Å². The van der Waals surface area contributed by atoms with Crippen LogP contribution in [-0.4, -0.2) is 15.9 Å². The van der Waals surface area contributed by atoms with Gasteiger partial charge in [0.2, 0.25) is 0 Å². The number of ether oxygens (including phenoxy) is 1. The van der Waals surface area contributed by atoms with E-state index < -0.39 is 0 Å². The molecule has 0 atom stereocenters. The van der Waals surface area contributed by atoms with E-state index in [1.807, 2.05) is 0 Å². The number of nitrogens with one attached hydrogen (secondary N) is 1. The van der Waals surface area contributed by atoms with Crippen LogP contribution in [0.1, 0.15) is 23.3 Å². The van der Waals surface area contributed by atoms with Gasteiger partial charge in [-0.2, -0.15) is 0 Å². The number of nitro groups is 1. The number of nitrogens with zero attached hydrogens (tertiary/aromatic N) is 2. The monoisotopic (exact) mass is 305 g/mol. The van der Waals surface area contributed by atoms with Gasteiger partial charge >= 0.3 is 0 Å². The Kier molecular flexibility index (Phi) is 4.12. The lowest BCUT2D eigenvalue weighted by Crippen LogP contribution is -2.16. The van der Waals surface area contributed by atoms with Gasteiger partial charge in [0.1, 0.15) is 12.4 Å². The summed E-state index contributed by atoms with van der Waals surface area (Å²) in [5.74, 6) is 0.683. The number of hydrogen-bond donors (Lipinski definition) is 1. The lowest BCUT2D eigenvalue weighted by Gasteiger charge is -2.11. The van der Waals surface area contributed by atoms with Crippen molar-refractivity contribution < 1.29 is 9.66 Å². The van der Waals surface area contributed by atoms with Crippen LogP contribution in [0.5, 0.6) is 5.75 Å². The predicted molar refractivity (Wildman–Crippen MR) is 79.4 cm³/mol. The number of thiazole rings is 1. The highest BCUT2D eigenvalue weighted by atomic mass is 32.1. The van der Waals surface area contributed by atoms with Gasteiger partial charge in [-0.25, -0.2) is 0 Å². The summed E-state index contributed by atoms with van der Waals surface area (Å²) < 4.78 is 5.78. The van der Waals surface area contributed by atoms with Crippen molar-refractivity contribution in [2.75, 3.05) is 0 Å². The van der Waals surface area contributed by atoms with Crippen LogP contribution in [0.2, 0.25) is 0 Å². The highest BCUT2D eigenvalue weighted by molar-refractivity contribution is 7.09. The van der Waals surface area contributed by atoms with E-state index in [1.165, 1.54) is 30.2 Å². The molecule has 3 rings (SSSR count). The van der Waals surface area contributed by atoms with E-state index >= 15 is 0 Å². The fourth-order valence-corrected chi connectivity index (χ4v) is 2.47. The van der Waals surface area contributed by atoms with Gasteiger partial charge in [-0.3, -0.25) is 15.1 Å². The lowest BCUT2D eigenvalue weighted by atomic mass is 10.1. The summed E-state index contributed by atoms with van der Waals surface area (Å²) in [7, 11) is 0. The average molecular weight is 305 g/mol. The summed E-state index contributed by atoms with van der Waals surface area (Å²) in [6.45, 7) is 1.02. The van der Waals surface area contributed by atoms with Gasteiger partial charge in [-0.05, 0) is 18.9 Å². The van der Waals surface area contributed by atoms with Gasteiger partial charge < -0.3 is 10.1 Å². The number of nitro benzene ring substituents is 1. The first-order valence-corrected chi connectivity index (χ1v) is 7.61. The van der Waals surface area contributed by atoms with E-state index in [0.29, 0.717) is 24.9 Å². The zero-order valence-electron chi connectivity index (χ0n) is 11.3. The topological polar surface area (TPSA) is 77.3 Å². The molecule has 1 aliphatic rings. The molecule has 1 saturated carbocycles. The summed E-state index contributed by atoms with van der Waals surface area (Å²) in [6.07, 6.45) is 4.11. The van der Waals surface area contributed by atoms with Crippen molar-refractivity contribution in [2.24, 2.45) is 0 Å². The molecule has 110 valence electrons. The lowest BCUT2D eigenvalue weighted by molar-refractivity contribution is -0.384. The summed E-state index contributed by atoms with van der Waals surface area (Å²) in [4.78, 5) is 15.5. The van der Waals surface area contributed by atoms with Crippen molar-refractivity contribution in [1.29, 1.82) is 0 Å². The summed E-state index contributed by atoms with van der Waals surface area (Å²) in [5.41, 5.74) is 2.66. The quantitative estimate of drug-likeness (QED) is 0.628. The maximum Gasteiger partial charge on any atom is 0.270 e. The molecule has 1 N–H and O–H groups in total. The summed E-state index contributed by atoms with van der Waals surface area (Å²) >= 11 is 1.52. The molecule has 0 saturated heterocycles. The number of aromatic nitrogens is 1. The maximum absolute atomic E-state index is 10.9. The Morgan fingerprint density at radius 3 is 3.00 bits per heavy atom. The Labute approximate surface area is 125 Å². The van der Waals surface area contributed by atoms with Crippen molar-refractivity contribution in [3.05, 3.63) is 50.5 Å². The van der Waals surface area contributed by atoms with Crippen LogP contribution in [0.15, 0.2) is 29.9 Å². The summed E-state index contributed by atoms with van der Waals surface area (Å²) in [6, 6.07) is 5.27. The fourth-order valence-electron chi connectivity index (χ4n) is 1.96. The van der Waals surface area contributed by atoms with Gasteiger partial charge in [0.05, 0.1) is 15.3 Å². The summed E-state index contributed by atoms with van der Waals surface area (Å²) in [5, 5.41) is 14.3. The minimum Gasteiger partial charge on any atom is -0.488 e. The normalized spacial score (nSPS) is 14.1. The first kappa shape index (κ1) is 14.0. The van der Waals surface area contributed by atoms with Gasteiger partial charge in [0.15, 0.2) is 0 Å². The average Bonchev–Trinajstić information content (AvgIpc) is 3.17. The van der Waals surface area contributed by atoms with E-state index in [2.05, 4.69) is 10.3 Å². The number of hydrogen-bond acceptors (Lipinski definition) is 6. The molecule has 0 aliphatic heterocycles. The number of rotatable bonds is 7. The zero-order chi connectivity index (χ0) is 14.7. The third kappa shape index (κ3) is 3.77. The molecule has 1 heterocycles. The zero-order valence-corrected chi connectivity index (χ0v) is 12.1. The molecule has 7 heteroatoms. The second kappa shape index (κ2) is 6.19. The number of non-ortho nitro benzene ring substituents is 1. The molecule has 1 aromatic heterocycles. The standard InChI is InChI=1S/C14H15N3O3S/c18-17(19)12-3-4-14(20-8-13-7-15-9-21-13)10(5-12)6-16-11-1-2-11/h3-5,7,9,11,16H,1-2,6,8H2. The van der Waals surface area contributed by atoms with Crippen molar-refractivity contribution in [1.82, 2.24) is 10.3 Å². The Morgan fingerprint density at radius 2 is 2.33 bits per heavy atom.